The second-order valence-electron chi connectivity index (χ2n) is 4.77. The summed E-state index contributed by atoms with van der Waals surface area (Å²) in [6.45, 7) is 0. The van der Waals surface area contributed by atoms with Crippen molar-refractivity contribution in [3.63, 3.8) is 0 Å². The summed E-state index contributed by atoms with van der Waals surface area (Å²) in [6.07, 6.45) is -0.908. The van der Waals surface area contributed by atoms with Gasteiger partial charge in [0.25, 0.3) is 0 Å². The van der Waals surface area contributed by atoms with E-state index in [2.05, 4.69) is 0 Å². The Morgan fingerprint density at radius 3 is 2.24 bits per heavy atom. The molecule has 4 nitrogen and oxygen atoms in total. The number of carbonyl (C=O) groups excluding carboxylic acids is 1. The van der Waals surface area contributed by atoms with Gasteiger partial charge < -0.3 is 9.64 Å². The van der Waals surface area contributed by atoms with Crippen LogP contribution in [0.2, 0.25) is 0 Å². The molecule has 4 heteroatoms. The first-order chi connectivity index (χ1) is 10.1. The van der Waals surface area contributed by atoms with E-state index >= 15 is 0 Å². The number of anilines is 1. The Kier molecular flexibility index (Phi) is 4.57. The number of nitriles is 1. The monoisotopic (exact) mass is 280 g/mol. The van der Waals surface area contributed by atoms with Crippen LogP contribution in [0.1, 0.15) is 22.0 Å². The third-order valence-corrected chi connectivity index (χ3v) is 3.06. The van der Waals surface area contributed by atoms with Crippen LogP contribution < -0.4 is 4.90 Å². The van der Waals surface area contributed by atoms with Crippen LogP contribution in [-0.4, -0.2) is 20.1 Å². The molecule has 2 aromatic rings. The van der Waals surface area contributed by atoms with Crippen molar-refractivity contribution in [2.75, 3.05) is 19.0 Å². The number of hydrogen-bond acceptors (Lipinski definition) is 4. The average molecular weight is 280 g/mol. The van der Waals surface area contributed by atoms with Gasteiger partial charge in [0.1, 0.15) is 6.07 Å². The Morgan fingerprint density at radius 2 is 1.71 bits per heavy atom. The molecule has 2 rings (SSSR count). The molecule has 0 aliphatic rings. The van der Waals surface area contributed by atoms with Gasteiger partial charge in [-0.05, 0) is 24.3 Å². The number of rotatable bonds is 4. The minimum Gasteiger partial charge on any atom is -0.438 e. The molecule has 0 aromatic heterocycles. The SMILES string of the molecule is CN(C)c1ccc(C(C#N)OC(=O)c2ccccc2)cc1. The van der Waals surface area contributed by atoms with Crippen LogP contribution in [0.15, 0.2) is 54.6 Å². The van der Waals surface area contributed by atoms with Crippen molar-refractivity contribution in [3.8, 4) is 6.07 Å². The third-order valence-electron chi connectivity index (χ3n) is 3.06. The molecule has 0 spiro atoms. The first-order valence-corrected chi connectivity index (χ1v) is 6.54. The Balaban J connectivity index is 2.13. The summed E-state index contributed by atoms with van der Waals surface area (Å²) >= 11 is 0. The lowest BCUT2D eigenvalue weighted by Crippen LogP contribution is -2.11. The maximum absolute atomic E-state index is 12.0. The molecule has 0 bridgehead atoms. The number of ether oxygens (including phenoxy) is 1. The largest absolute Gasteiger partial charge is 0.438 e. The zero-order valence-electron chi connectivity index (χ0n) is 12.0. The molecule has 0 heterocycles. The van der Waals surface area contributed by atoms with Gasteiger partial charge in [-0.2, -0.15) is 5.26 Å². The Bertz CT molecular complexity index is 643. The number of carbonyl (C=O) groups is 1. The summed E-state index contributed by atoms with van der Waals surface area (Å²) < 4.78 is 5.26. The van der Waals surface area contributed by atoms with Crippen LogP contribution in [0.5, 0.6) is 0 Å². The molecule has 1 unspecified atom stereocenters. The molecule has 2 aromatic carbocycles. The lowest BCUT2D eigenvalue weighted by Gasteiger charge is -2.15. The summed E-state index contributed by atoms with van der Waals surface area (Å²) in [5, 5.41) is 9.22. The summed E-state index contributed by atoms with van der Waals surface area (Å²) in [6, 6.07) is 18.0. The van der Waals surface area contributed by atoms with E-state index in [1.807, 2.05) is 43.3 Å². The van der Waals surface area contributed by atoms with Crippen molar-refractivity contribution < 1.29 is 9.53 Å². The molecule has 0 saturated carbocycles. The van der Waals surface area contributed by atoms with Crippen molar-refractivity contribution in [1.82, 2.24) is 0 Å². The van der Waals surface area contributed by atoms with Crippen LogP contribution in [-0.2, 0) is 4.74 Å². The highest BCUT2D eigenvalue weighted by molar-refractivity contribution is 5.89. The molecule has 0 fully saturated rings. The summed E-state index contributed by atoms with van der Waals surface area (Å²) in [5.41, 5.74) is 2.11. The van der Waals surface area contributed by atoms with Crippen LogP contribution in [0.3, 0.4) is 0 Å². The van der Waals surface area contributed by atoms with Crippen LogP contribution in [0, 0.1) is 11.3 Å². The lowest BCUT2D eigenvalue weighted by molar-refractivity contribution is 0.0404. The van der Waals surface area contributed by atoms with E-state index in [1.165, 1.54) is 0 Å². The Labute approximate surface area is 124 Å². The fourth-order valence-electron chi connectivity index (χ4n) is 1.87. The van der Waals surface area contributed by atoms with Gasteiger partial charge in [-0.15, -0.1) is 0 Å². The van der Waals surface area contributed by atoms with E-state index in [4.69, 9.17) is 4.74 Å². The predicted octanol–water partition coefficient (Wildman–Crippen LogP) is 3.17. The molecule has 0 aliphatic carbocycles. The molecular formula is C17H16N2O2. The van der Waals surface area contributed by atoms with Crippen LogP contribution in [0.4, 0.5) is 5.69 Å². The van der Waals surface area contributed by atoms with Gasteiger partial charge in [-0.1, -0.05) is 30.3 Å². The number of benzene rings is 2. The van der Waals surface area contributed by atoms with E-state index < -0.39 is 12.1 Å². The highest BCUT2D eigenvalue weighted by Gasteiger charge is 2.17. The van der Waals surface area contributed by atoms with E-state index in [0.29, 0.717) is 11.1 Å². The molecule has 106 valence electrons. The van der Waals surface area contributed by atoms with E-state index in [0.717, 1.165) is 5.69 Å². The fraction of sp³-hybridized carbons (Fsp3) is 0.176. The van der Waals surface area contributed by atoms with Gasteiger partial charge in [0.2, 0.25) is 6.10 Å². The van der Waals surface area contributed by atoms with Gasteiger partial charge in [0.15, 0.2) is 0 Å². The molecule has 0 saturated heterocycles. The maximum Gasteiger partial charge on any atom is 0.339 e. The van der Waals surface area contributed by atoms with E-state index in [-0.39, 0.29) is 0 Å². The topological polar surface area (TPSA) is 53.3 Å². The smallest absolute Gasteiger partial charge is 0.339 e. The molecule has 0 N–H and O–H groups in total. The fourth-order valence-corrected chi connectivity index (χ4v) is 1.87. The highest BCUT2D eigenvalue weighted by atomic mass is 16.5. The van der Waals surface area contributed by atoms with E-state index in [9.17, 15) is 10.1 Å². The van der Waals surface area contributed by atoms with E-state index in [1.54, 1.807) is 36.4 Å². The Morgan fingerprint density at radius 1 is 1.10 bits per heavy atom. The quantitative estimate of drug-likeness (QED) is 0.807. The van der Waals surface area contributed by atoms with Gasteiger partial charge in [-0.25, -0.2) is 4.79 Å². The van der Waals surface area contributed by atoms with Crippen molar-refractivity contribution in [2.24, 2.45) is 0 Å². The standard InChI is InChI=1S/C17H16N2O2/c1-19(2)15-10-8-13(9-11-15)16(12-18)21-17(20)14-6-4-3-5-7-14/h3-11,16H,1-2H3. The van der Waals surface area contributed by atoms with Gasteiger partial charge in [-0.3, -0.25) is 0 Å². The maximum atomic E-state index is 12.0. The second kappa shape index (κ2) is 6.58. The third kappa shape index (κ3) is 3.61. The molecule has 0 aliphatic heterocycles. The van der Waals surface area contributed by atoms with Crippen LogP contribution in [0.25, 0.3) is 0 Å². The zero-order chi connectivity index (χ0) is 15.2. The molecule has 21 heavy (non-hydrogen) atoms. The number of nitrogens with zero attached hydrogens (tertiary/aromatic N) is 2. The minimum absolute atomic E-state index is 0.433. The van der Waals surface area contributed by atoms with Crippen molar-refractivity contribution in [2.45, 2.75) is 6.10 Å². The van der Waals surface area contributed by atoms with Crippen LogP contribution >= 0.6 is 0 Å². The minimum atomic E-state index is -0.908. The molecule has 1 atom stereocenters. The van der Waals surface area contributed by atoms with Crippen molar-refractivity contribution >= 4 is 11.7 Å². The predicted molar refractivity (Wildman–Crippen MR) is 81.0 cm³/mol. The van der Waals surface area contributed by atoms with Gasteiger partial charge >= 0.3 is 5.97 Å². The summed E-state index contributed by atoms with van der Waals surface area (Å²) in [4.78, 5) is 13.9. The van der Waals surface area contributed by atoms with Crippen molar-refractivity contribution in [1.29, 1.82) is 5.26 Å². The molecular weight excluding hydrogens is 264 g/mol. The number of hydrogen-bond donors (Lipinski definition) is 0. The molecule has 0 amide bonds. The normalized spacial score (nSPS) is 11.3. The zero-order valence-corrected chi connectivity index (χ0v) is 12.0. The molecule has 0 radical (unpaired) electrons. The summed E-state index contributed by atoms with van der Waals surface area (Å²) in [5.74, 6) is -0.501. The first-order valence-electron chi connectivity index (χ1n) is 6.54. The Hall–Kier alpha value is -2.80. The average Bonchev–Trinajstić information content (AvgIpc) is 2.53. The highest BCUT2D eigenvalue weighted by Crippen LogP contribution is 2.21. The van der Waals surface area contributed by atoms with Gasteiger partial charge in [0, 0.05) is 25.3 Å². The van der Waals surface area contributed by atoms with Crippen molar-refractivity contribution in [3.05, 3.63) is 65.7 Å². The number of esters is 1. The summed E-state index contributed by atoms with van der Waals surface area (Å²) in [7, 11) is 3.87. The second-order valence-corrected chi connectivity index (χ2v) is 4.77. The lowest BCUT2D eigenvalue weighted by atomic mass is 10.1. The van der Waals surface area contributed by atoms with Gasteiger partial charge in [0.05, 0.1) is 5.56 Å². The first kappa shape index (κ1) is 14.6.